The molecule has 7 heteroatoms. The molecule has 0 aliphatic carbocycles. The van der Waals surface area contributed by atoms with Crippen molar-refractivity contribution in [3.8, 4) is 11.5 Å². The number of unbranched alkanes of at least 4 members (excludes halogenated alkanes) is 2. The van der Waals surface area contributed by atoms with Gasteiger partial charge in [-0.15, -0.1) is 11.8 Å². The van der Waals surface area contributed by atoms with E-state index in [0.29, 0.717) is 29.2 Å². The second-order valence-corrected chi connectivity index (χ2v) is 9.67. The molecule has 0 unspecified atom stereocenters. The topological polar surface area (TPSA) is 78.9 Å². The Balaban J connectivity index is 1.43. The maximum absolute atomic E-state index is 12.5. The fraction of sp³-hybridized carbons (Fsp3) is 0.258. The summed E-state index contributed by atoms with van der Waals surface area (Å²) in [6.07, 6.45) is 6.09. The number of thioether (sulfide) groups is 1. The van der Waals surface area contributed by atoms with E-state index in [0.717, 1.165) is 48.8 Å². The summed E-state index contributed by atoms with van der Waals surface area (Å²) in [5, 5.41) is 0. The van der Waals surface area contributed by atoms with Crippen molar-refractivity contribution in [2.75, 3.05) is 12.4 Å². The van der Waals surface area contributed by atoms with Gasteiger partial charge >= 0.3 is 17.9 Å². The van der Waals surface area contributed by atoms with E-state index in [1.165, 1.54) is 5.56 Å². The van der Waals surface area contributed by atoms with Crippen LogP contribution in [0.4, 0.5) is 0 Å². The molecule has 38 heavy (non-hydrogen) atoms. The van der Waals surface area contributed by atoms with Gasteiger partial charge in [-0.1, -0.05) is 32.1 Å². The lowest BCUT2D eigenvalue weighted by Gasteiger charge is -2.08. The van der Waals surface area contributed by atoms with Crippen molar-refractivity contribution in [3.05, 3.63) is 102 Å². The van der Waals surface area contributed by atoms with E-state index in [1.54, 1.807) is 60.3 Å². The minimum absolute atomic E-state index is 0.336. The van der Waals surface area contributed by atoms with Gasteiger partial charge in [0.25, 0.3) is 0 Å². The third-order valence-electron chi connectivity index (χ3n) is 5.56. The molecule has 0 fully saturated rings. The highest BCUT2D eigenvalue weighted by atomic mass is 32.2. The maximum Gasteiger partial charge on any atom is 0.343 e. The molecule has 0 bridgehead atoms. The number of hydrogen-bond acceptors (Lipinski definition) is 7. The molecule has 0 aliphatic rings. The highest BCUT2D eigenvalue weighted by molar-refractivity contribution is 7.99. The Morgan fingerprint density at radius 2 is 1.32 bits per heavy atom. The molecular formula is C31H32O6S. The van der Waals surface area contributed by atoms with Gasteiger partial charge in [-0.05, 0) is 97.7 Å². The lowest BCUT2D eigenvalue weighted by Crippen LogP contribution is -2.10. The van der Waals surface area contributed by atoms with Crippen LogP contribution in [-0.2, 0) is 16.0 Å². The number of rotatable bonds is 14. The summed E-state index contributed by atoms with van der Waals surface area (Å²) in [5.74, 6) is 0.328. The van der Waals surface area contributed by atoms with E-state index in [-0.39, 0.29) is 0 Å². The number of carbonyl (C=O) groups is 3. The molecule has 0 aromatic heterocycles. The quantitative estimate of drug-likeness (QED) is 0.0722. The van der Waals surface area contributed by atoms with Gasteiger partial charge in [0.05, 0.1) is 17.7 Å². The molecular weight excluding hydrogens is 500 g/mol. The summed E-state index contributed by atoms with van der Waals surface area (Å²) in [4.78, 5) is 37.0. The first-order valence-electron chi connectivity index (χ1n) is 12.6. The summed E-state index contributed by atoms with van der Waals surface area (Å²) in [7, 11) is 0. The van der Waals surface area contributed by atoms with Crippen LogP contribution in [0.25, 0.3) is 0 Å². The lowest BCUT2D eigenvalue weighted by atomic mass is 10.1. The first kappa shape index (κ1) is 28.7. The molecule has 0 heterocycles. The van der Waals surface area contributed by atoms with Gasteiger partial charge in [-0.3, -0.25) is 0 Å². The average molecular weight is 533 g/mol. The highest BCUT2D eigenvalue weighted by Gasteiger charge is 2.12. The number of ether oxygens (including phenoxy) is 3. The molecule has 6 nitrogen and oxygen atoms in total. The van der Waals surface area contributed by atoms with Gasteiger partial charge in [-0.2, -0.15) is 0 Å². The minimum Gasteiger partial charge on any atom is -0.463 e. The van der Waals surface area contributed by atoms with Gasteiger partial charge in [-0.25, -0.2) is 14.4 Å². The molecule has 0 saturated carbocycles. The second kappa shape index (κ2) is 15.4. The molecule has 0 radical (unpaired) electrons. The van der Waals surface area contributed by atoms with E-state index in [4.69, 9.17) is 14.2 Å². The van der Waals surface area contributed by atoms with Gasteiger partial charge in [0, 0.05) is 11.0 Å². The van der Waals surface area contributed by atoms with E-state index in [1.807, 2.05) is 24.3 Å². The Hall–Kier alpha value is -3.84. The van der Waals surface area contributed by atoms with E-state index >= 15 is 0 Å². The van der Waals surface area contributed by atoms with Crippen LogP contribution in [0.1, 0.15) is 58.9 Å². The van der Waals surface area contributed by atoms with Crippen molar-refractivity contribution in [2.45, 2.75) is 43.9 Å². The SMILES string of the molecule is C=CC(=O)OCCCCSc1ccc(C(=O)Oc2ccc(C(=O)Oc3ccc(CCCC)cc3)cc2)cc1. The van der Waals surface area contributed by atoms with E-state index < -0.39 is 17.9 Å². The van der Waals surface area contributed by atoms with Crippen LogP contribution in [0.5, 0.6) is 11.5 Å². The largest absolute Gasteiger partial charge is 0.463 e. The van der Waals surface area contributed by atoms with Crippen LogP contribution in [0.3, 0.4) is 0 Å². The Labute approximate surface area is 228 Å². The summed E-state index contributed by atoms with van der Waals surface area (Å²) < 4.78 is 15.8. The monoisotopic (exact) mass is 532 g/mol. The van der Waals surface area contributed by atoms with Crippen LogP contribution >= 0.6 is 11.8 Å². The summed E-state index contributed by atoms with van der Waals surface area (Å²) in [6, 6.07) is 21.0. The zero-order valence-corrected chi connectivity index (χ0v) is 22.3. The first-order valence-corrected chi connectivity index (χ1v) is 13.6. The number of benzene rings is 3. The van der Waals surface area contributed by atoms with E-state index in [9.17, 15) is 14.4 Å². The number of carbonyl (C=O) groups excluding carboxylic acids is 3. The van der Waals surface area contributed by atoms with Crippen molar-refractivity contribution in [3.63, 3.8) is 0 Å². The van der Waals surface area contributed by atoms with Gasteiger partial charge in [0.15, 0.2) is 0 Å². The van der Waals surface area contributed by atoms with Crippen LogP contribution in [-0.4, -0.2) is 30.3 Å². The van der Waals surface area contributed by atoms with Crippen LogP contribution in [0.15, 0.2) is 90.3 Å². The molecule has 0 N–H and O–H groups in total. The van der Waals surface area contributed by atoms with Crippen molar-refractivity contribution in [1.82, 2.24) is 0 Å². The molecule has 3 aromatic rings. The zero-order chi connectivity index (χ0) is 27.2. The van der Waals surface area contributed by atoms with Crippen molar-refractivity contribution >= 4 is 29.7 Å². The molecule has 0 atom stereocenters. The smallest absolute Gasteiger partial charge is 0.343 e. The van der Waals surface area contributed by atoms with Crippen molar-refractivity contribution in [2.24, 2.45) is 0 Å². The Morgan fingerprint density at radius 1 is 0.763 bits per heavy atom. The molecule has 0 saturated heterocycles. The second-order valence-electron chi connectivity index (χ2n) is 8.50. The fourth-order valence-corrected chi connectivity index (χ4v) is 4.32. The Kier molecular flexibility index (Phi) is 11.7. The van der Waals surface area contributed by atoms with Crippen LogP contribution in [0.2, 0.25) is 0 Å². The summed E-state index contributed by atoms with van der Waals surface area (Å²) >= 11 is 1.66. The molecule has 198 valence electrons. The highest BCUT2D eigenvalue weighted by Crippen LogP contribution is 2.22. The standard InChI is InChI=1S/C31H32O6S/c1-3-5-8-23-9-15-26(16-10-23)36-30(33)24-11-17-27(18-12-24)37-31(34)25-13-19-28(20-14-25)38-22-7-6-21-35-29(32)4-2/h4,9-20H,2-3,5-8,21-22H2,1H3. The maximum atomic E-state index is 12.5. The predicted octanol–water partition coefficient (Wildman–Crippen LogP) is 7.07. The first-order chi connectivity index (χ1) is 18.5. The minimum atomic E-state index is -0.482. The van der Waals surface area contributed by atoms with Gasteiger partial charge in [0.1, 0.15) is 11.5 Å². The Morgan fingerprint density at radius 3 is 1.87 bits per heavy atom. The summed E-state index contributed by atoms with van der Waals surface area (Å²) in [5.41, 5.74) is 2.00. The normalized spacial score (nSPS) is 10.4. The molecule has 0 aliphatic heterocycles. The van der Waals surface area contributed by atoms with Crippen LogP contribution < -0.4 is 9.47 Å². The lowest BCUT2D eigenvalue weighted by molar-refractivity contribution is -0.137. The molecule has 0 spiro atoms. The third-order valence-corrected chi connectivity index (χ3v) is 6.66. The summed E-state index contributed by atoms with van der Waals surface area (Å²) in [6.45, 7) is 5.89. The average Bonchev–Trinajstić information content (AvgIpc) is 2.95. The van der Waals surface area contributed by atoms with E-state index in [2.05, 4.69) is 13.5 Å². The number of hydrogen-bond donors (Lipinski definition) is 0. The molecule has 3 rings (SSSR count). The van der Waals surface area contributed by atoms with Crippen LogP contribution in [0, 0.1) is 0 Å². The predicted molar refractivity (Wildman–Crippen MR) is 149 cm³/mol. The van der Waals surface area contributed by atoms with Crippen molar-refractivity contribution < 1.29 is 28.6 Å². The molecule has 3 aromatic carbocycles. The zero-order valence-electron chi connectivity index (χ0n) is 21.5. The number of esters is 3. The molecule has 0 amide bonds. The van der Waals surface area contributed by atoms with Gasteiger partial charge in [0.2, 0.25) is 0 Å². The van der Waals surface area contributed by atoms with Gasteiger partial charge < -0.3 is 14.2 Å². The van der Waals surface area contributed by atoms with Crippen molar-refractivity contribution in [1.29, 1.82) is 0 Å². The number of aryl methyl sites for hydroxylation is 1. The Bertz CT molecular complexity index is 1200. The third kappa shape index (κ3) is 9.56. The fourth-order valence-electron chi connectivity index (χ4n) is 3.41.